The van der Waals surface area contributed by atoms with Gasteiger partial charge in [-0.25, -0.2) is 0 Å². The lowest BCUT2D eigenvalue weighted by Crippen LogP contribution is -2.41. The third-order valence-corrected chi connectivity index (χ3v) is 3.60. The summed E-state index contributed by atoms with van der Waals surface area (Å²) in [6.45, 7) is 1.99. The van der Waals surface area contributed by atoms with Crippen LogP contribution in [0.2, 0.25) is 0 Å². The van der Waals surface area contributed by atoms with E-state index in [0.29, 0.717) is 23.7 Å². The van der Waals surface area contributed by atoms with E-state index in [4.69, 9.17) is 13.9 Å². The van der Waals surface area contributed by atoms with Crippen LogP contribution in [0.4, 0.5) is 0 Å². The first-order valence-corrected chi connectivity index (χ1v) is 7.62. The molecule has 1 aromatic carbocycles. The van der Waals surface area contributed by atoms with Crippen molar-refractivity contribution in [2.75, 3.05) is 13.3 Å². The Morgan fingerprint density at radius 1 is 1.33 bits per heavy atom. The minimum atomic E-state index is -1.08. The van der Waals surface area contributed by atoms with E-state index in [2.05, 4.69) is 5.32 Å². The van der Waals surface area contributed by atoms with Crippen LogP contribution >= 0.6 is 0 Å². The lowest BCUT2D eigenvalue weighted by Gasteiger charge is -2.22. The van der Waals surface area contributed by atoms with Crippen molar-refractivity contribution in [3.8, 4) is 11.5 Å². The third kappa shape index (κ3) is 4.17. The Bertz CT molecular complexity index is 734. The molecule has 0 saturated heterocycles. The van der Waals surface area contributed by atoms with Gasteiger partial charge in [-0.1, -0.05) is 6.07 Å². The number of benzene rings is 1. The Labute approximate surface area is 139 Å². The topological polar surface area (TPSA) is 80.9 Å². The first-order valence-electron chi connectivity index (χ1n) is 7.62. The van der Waals surface area contributed by atoms with E-state index in [1.54, 1.807) is 43.5 Å². The van der Waals surface area contributed by atoms with E-state index < -0.39 is 5.60 Å². The highest BCUT2D eigenvalue weighted by Gasteiger charge is 2.22. The predicted molar refractivity (Wildman–Crippen MR) is 87.6 cm³/mol. The first kappa shape index (κ1) is 16.1. The van der Waals surface area contributed by atoms with Crippen molar-refractivity contribution in [1.82, 2.24) is 5.32 Å². The quantitative estimate of drug-likeness (QED) is 0.794. The molecule has 1 atom stereocenters. The van der Waals surface area contributed by atoms with Crippen molar-refractivity contribution < 1.29 is 23.8 Å². The van der Waals surface area contributed by atoms with Crippen LogP contribution in [-0.4, -0.2) is 30.0 Å². The van der Waals surface area contributed by atoms with Gasteiger partial charge in [-0.2, -0.15) is 0 Å². The zero-order valence-electron chi connectivity index (χ0n) is 13.3. The Balaban J connectivity index is 1.51. The van der Waals surface area contributed by atoms with Crippen molar-refractivity contribution in [1.29, 1.82) is 0 Å². The summed E-state index contributed by atoms with van der Waals surface area (Å²) >= 11 is 0. The van der Waals surface area contributed by atoms with Crippen molar-refractivity contribution in [2.24, 2.45) is 0 Å². The summed E-state index contributed by atoms with van der Waals surface area (Å²) in [5.74, 6) is 1.75. The van der Waals surface area contributed by atoms with Crippen LogP contribution < -0.4 is 14.8 Å². The van der Waals surface area contributed by atoms with Gasteiger partial charge in [-0.3, -0.25) is 4.79 Å². The number of amides is 1. The molecule has 0 fully saturated rings. The van der Waals surface area contributed by atoms with Gasteiger partial charge in [0.2, 0.25) is 12.7 Å². The maximum absolute atomic E-state index is 11.9. The highest BCUT2D eigenvalue weighted by molar-refractivity contribution is 5.91. The van der Waals surface area contributed by atoms with Crippen LogP contribution in [-0.2, 0) is 11.2 Å². The monoisotopic (exact) mass is 329 g/mol. The molecule has 126 valence electrons. The van der Waals surface area contributed by atoms with Gasteiger partial charge in [-0.15, -0.1) is 0 Å². The van der Waals surface area contributed by atoms with E-state index >= 15 is 0 Å². The minimum absolute atomic E-state index is 0.123. The van der Waals surface area contributed by atoms with Gasteiger partial charge >= 0.3 is 0 Å². The molecular weight excluding hydrogens is 310 g/mol. The van der Waals surface area contributed by atoms with E-state index in [1.807, 2.05) is 6.07 Å². The number of fused-ring (bicyclic) bond motifs is 1. The van der Waals surface area contributed by atoms with Crippen LogP contribution in [0.15, 0.2) is 47.1 Å². The lowest BCUT2D eigenvalue weighted by molar-refractivity contribution is -0.117. The molecule has 24 heavy (non-hydrogen) atoms. The third-order valence-electron chi connectivity index (χ3n) is 3.60. The lowest BCUT2D eigenvalue weighted by atomic mass is 10.0. The number of furan rings is 1. The molecule has 6 nitrogen and oxygen atoms in total. The number of hydrogen-bond acceptors (Lipinski definition) is 5. The molecule has 0 spiro atoms. The van der Waals surface area contributed by atoms with Gasteiger partial charge in [0.15, 0.2) is 11.5 Å². The van der Waals surface area contributed by atoms with Gasteiger partial charge < -0.3 is 24.3 Å². The number of ether oxygens (including phenoxy) is 2. The molecule has 3 rings (SSSR count). The highest BCUT2D eigenvalue weighted by Crippen LogP contribution is 2.32. The average molecular weight is 329 g/mol. The first-order chi connectivity index (χ1) is 11.5. The number of rotatable bonds is 6. The molecule has 1 aliphatic rings. The molecule has 0 aliphatic carbocycles. The van der Waals surface area contributed by atoms with Gasteiger partial charge in [-0.05, 0) is 42.8 Å². The van der Waals surface area contributed by atoms with Crippen molar-refractivity contribution in [2.45, 2.75) is 18.9 Å². The van der Waals surface area contributed by atoms with Crippen LogP contribution in [0, 0.1) is 0 Å². The van der Waals surface area contributed by atoms with E-state index in [0.717, 1.165) is 5.56 Å². The number of nitrogens with one attached hydrogen (secondary N) is 1. The Morgan fingerprint density at radius 3 is 2.96 bits per heavy atom. The normalized spacial score (nSPS) is 15.4. The Kier molecular flexibility index (Phi) is 4.57. The molecule has 0 radical (unpaired) electrons. The van der Waals surface area contributed by atoms with Crippen LogP contribution in [0.3, 0.4) is 0 Å². The molecule has 1 aliphatic heterocycles. The molecule has 2 N–H and O–H groups in total. The second kappa shape index (κ2) is 6.80. The van der Waals surface area contributed by atoms with Crippen LogP contribution in [0.5, 0.6) is 11.5 Å². The molecular formula is C18H19NO5. The van der Waals surface area contributed by atoms with Gasteiger partial charge in [0, 0.05) is 19.0 Å². The SMILES string of the molecule is C[C@@](O)(CNC(=O)/C=C/c1ccc2c(c1)OCO2)Cc1ccco1. The van der Waals surface area contributed by atoms with Gasteiger partial charge in [0.05, 0.1) is 11.9 Å². The summed E-state index contributed by atoms with van der Waals surface area (Å²) < 4.78 is 15.7. The second-order valence-corrected chi connectivity index (χ2v) is 5.92. The van der Waals surface area contributed by atoms with E-state index in [9.17, 15) is 9.90 Å². The number of carbonyl (C=O) groups excluding carboxylic acids is 1. The van der Waals surface area contributed by atoms with Gasteiger partial charge in [0.1, 0.15) is 5.76 Å². The zero-order chi connectivity index (χ0) is 17.0. The highest BCUT2D eigenvalue weighted by atomic mass is 16.7. The van der Waals surface area contributed by atoms with Crippen LogP contribution in [0.25, 0.3) is 6.08 Å². The van der Waals surface area contributed by atoms with Crippen molar-refractivity contribution >= 4 is 12.0 Å². The fourth-order valence-corrected chi connectivity index (χ4v) is 2.38. The Morgan fingerprint density at radius 2 is 2.17 bits per heavy atom. The molecule has 1 amide bonds. The number of hydrogen-bond donors (Lipinski definition) is 2. The summed E-state index contributed by atoms with van der Waals surface area (Å²) in [5.41, 5.74) is -0.253. The average Bonchev–Trinajstić information content (AvgIpc) is 3.21. The molecule has 6 heteroatoms. The maximum Gasteiger partial charge on any atom is 0.244 e. The minimum Gasteiger partial charge on any atom is -0.469 e. The maximum atomic E-state index is 11.9. The summed E-state index contributed by atoms with van der Waals surface area (Å²) in [4.78, 5) is 11.9. The second-order valence-electron chi connectivity index (χ2n) is 5.92. The molecule has 0 saturated carbocycles. The summed E-state index contributed by atoms with van der Waals surface area (Å²) in [5, 5.41) is 13.0. The molecule has 2 aromatic rings. The number of aliphatic hydroxyl groups is 1. The fourth-order valence-electron chi connectivity index (χ4n) is 2.38. The summed E-state index contributed by atoms with van der Waals surface area (Å²) in [6, 6.07) is 8.99. The summed E-state index contributed by atoms with van der Waals surface area (Å²) in [6.07, 6.45) is 4.98. The fraction of sp³-hybridized carbons (Fsp3) is 0.278. The molecule has 1 aromatic heterocycles. The smallest absolute Gasteiger partial charge is 0.244 e. The zero-order valence-corrected chi connectivity index (χ0v) is 13.3. The standard InChI is InChI=1S/C18H19NO5/c1-18(21,10-14-3-2-8-22-14)11-19-17(20)7-5-13-4-6-15-16(9-13)24-12-23-15/h2-9,21H,10-12H2,1H3,(H,19,20)/b7-5+/t18-/m0/s1. The molecule has 0 unspecified atom stereocenters. The van der Waals surface area contributed by atoms with E-state index in [-0.39, 0.29) is 19.2 Å². The number of carbonyl (C=O) groups is 1. The van der Waals surface area contributed by atoms with Gasteiger partial charge in [0.25, 0.3) is 0 Å². The predicted octanol–water partition coefficient (Wildman–Crippen LogP) is 2.13. The largest absolute Gasteiger partial charge is 0.469 e. The van der Waals surface area contributed by atoms with Crippen molar-refractivity contribution in [3.05, 3.63) is 54.0 Å². The van der Waals surface area contributed by atoms with Crippen molar-refractivity contribution in [3.63, 3.8) is 0 Å². The molecule has 2 heterocycles. The van der Waals surface area contributed by atoms with Crippen LogP contribution in [0.1, 0.15) is 18.2 Å². The molecule has 0 bridgehead atoms. The summed E-state index contributed by atoms with van der Waals surface area (Å²) in [7, 11) is 0. The Hall–Kier alpha value is -2.73. The van der Waals surface area contributed by atoms with E-state index in [1.165, 1.54) is 6.08 Å².